The molecule has 0 bridgehead atoms. The minimum atomic E-state index is -0.722. The van der Waals surface area contributed by atoms with Gasteiger partial charge < -0.3 is 5.11 Å². The summed E-state index contributed by atoms with van der Waals surface area (Å²) in [6.07, 6.45) is 1.27. The van der Waals surface area contributed by atoms with E-state index in [0.29, 0.717) is 0 Å². The number of hydrogen-bond acceptors (Lipinski definition) is 2. The van der Waals surface area contributed by atoms with Crippen LogP contribution in [0.1, 0.15) is 13.8 Å². The molecule has 0 heterocycles. The summed E-state index contributed by atoms with van der Waals surface area (Å²) >= 11 is 0. The van der Waals surface area contributed by atoms with Gasteiger partial charge in [0.2, 0.25) is 0 Å². The molecule has 1 N–H and O–H groups in total. The number of hydrogen-bond donors (Lipinski definition) is 1. The van der Waals surface area contributed by atoms with Crippen molar-refractivity contribution in [1.29, 1.82) is 0 Å². The molecule has 0 atom stereocenters. The third kappa shape index (κ3) is 0.681. The van der Waals surface area contributed by atoms with E-state index in [9.17, 15) is 4.79 Å². The molecule has 48 valence electrons. The van der Waals surface area contributed by atoms with E-state index >= 15 is 0 Å². The van der Waals surface area contributed by atoms with Crippen LogP contribution in [-0.2, 0) is 4.79 Å². The van der Waals surface area contributed by atoms with Gasteiger partial charge in [-0.1, -0.05) is 5.73 Å². The smallest absolute Gasteiger partial charge is 0.177 e. The zero-order valence-corrected chi connectivity index (χ0v) is 5.43. The number of aliphatic hydroxyl groups excluding tert-OH is 1. The Hall–Kier alpha value is -1.01. The van der Waals surface area contributed by atoms with E-state index in [-0.39, 0.29) is 11.5 Å². The summed E-state index contributed by atoms with van der Waals surface area (Å²) < 4.78 is 0. The van der Waals surface area contributed by atoms with Gasteiger partial charge in [-0.3, -0.25) is 4.79 Å². The van der Waals surface area contributed by atoms with E-state index in [1.165, 1.54) is 6.08 Å². The Balaban J connectivity index is 3.05. The van der Waals surface area contributed by atoms with Crippen molar-refractivity contribution in [1.82, 2.24) is 0 Å². The molecule has 0 aromatic rings. The van der Waals surface area contributed by atoms with Crippen LogP contribution in [-0.4, -0.2) is 10.9 Å². The number of aliphatic hydroxyl groups is 1. The van der Waals surface area contributed by atoms with Gasteiger partial charge in [0, 0.05) is 6.08 Å². The molecule has 0 saturated carbocycles. The largest absolute Gasteiger partial charge is 0.504 e. The van der Waals surface area contributed by atoms with E-state index in [2.05, 4.69) is 5.73 Å². The van der Waals surface area contributed by atoms with Gasteiger partial charge in [-0.25, -0.2) is 0 Å². The molecule has 2 nitrogen and oxygen atoms in total. The first-order chi connectivity index (χ1) is 4.05. The standard InChI is InChI=1S/C7H8O2/c1-7(2)5(8)3-4-6(7)9/h3,9H,1-2H3. The third-order valence-electron chi connectivity index (χ3n) is 1.55. The fourth-order valence-electron chi connectivity index (χ4n) is 0.611. The molecule has 0 aromatic heterocycles. The van der Waals surface area contributed by atoms with Crippen LogP contribution in [0.2, 0.25) is 0 Å². The fourth-order valence-corrected chi connectivity index (χ4v) is 0.611. The molecular formula is C7H8O2. The SMILES string of the molecule is CC1(C)C(=O)C=C=C1O. The summed E-state index contributed by atoms with van der Waals surface area (Å²) in [7, 11) is 0. The summed E-state index contributed by atoms with van der Waals surface area (Å²) in [6, 6.07) is 0. The van der Waals surface area contributed by atoms with Crippen LogP contribution in [0.3, 0.4) is 0 Å². The minimum Gasteiger partial charge on any atom is -0.504 e. The van der Waals surface area contributed by atoms with Crippen LogP contribution in [0.5, 0.6) is 0 Å². The highest BCUT2D eigenvalue weighted by Crippen LogP contribution is 2.28. The first-order valence-electron chi connectivity index (χ1n) is 2.76. The molecular weight excluding hydrogens is 116 g/mol. The Morgan fingerprint density at radius 3 is 2.33 bits per heavy atom. The maximum Gasteiger partial charge on any atom is 0.177 e. The zero-order valence-electron chi connectivity index (χ0n) is 5.43. The van der Waals surface area contributed by atoms with Crippen molar-refractivity contribution >= 4 is 5.78 Å². The molecule has 9 heavy (non-hydrogen) atoms. The van der Waals surface area contributed by atoms with Gasteiger partial charge >= 0.3 is 0 Å². The maximum absolute atomic E-state index is 10.8. The van der Waals surface area contributed by atoms with Gasteiger partial charge in [0.25, 0.3) is 0 Å². The molecule has 0 aromatic carbocycles. The molecule has 0 unspecified atom stereocenters. The molecule has 0 amide bonds. The predicted molar refractivity (Wildman–Crippen MR) is 33.0 cm³/mol. The van der Waals surface area contributed by atoms with Crippen molar-refractivity contribution in [2.45, 2.75) is 13.8 Å². The lowest BCUT2D eigenvalue weighted by Gasteiger charge is -2.13. The van der Waals surface area contributed by atoms with Gasteiger partial charge in [0.05, 0.1) is 5.41 Å². The highest BCUT2D eigenvalue weighted by atomic mass is 16.3. The van der Waals surface area contributed by atoms with Gasteiger partial charge in [-0.2, -0.15) is 0 Å². The van der Waals surface area contributed by atoms with Crippen molar-refractivity contribution < 1.29 is 9.90 Å². The Kier molecular flexibility index (Phi) is 1.01. The number of carbonyl (C=O) groups excluding carboxylic acids is 1. The van der Waals surface area contributed by atoms with Crippen LogP contribution in [0, 0.1) is 5.41 Å². The Bertz CT molecular complexity index is 217. The van der Waals surface area contributed by atoms with E-state index < -0.39 is 5.41 Å². The average Bonchev–Trinajstić information content (AvgIpc) is 1.96. The quantitative estimate of drug-likeness (QED) is 0.492. The van der Waals surface area contributed by atoms with E-state index in [1.807, 2.05) is 0 Å². The van der Waals surface area contributed by atoms with Crippen LogP contribution < -0.4 is 0 Å². The van der Waals surface area contributed by atoms with Crippen LogP contribution in [0.15, 0.2) is 17.6 Å². The van der Waals surface area contributed by atoms with Crippen molar-refractivity contribution in [3.8, 4) is 0 Å². The van der Waals surface area contributed by atoms with Gasteiger partial charge in [-0.15, -0.1) is 0 Å². The topological polar surface area (TPSA) is 37.3 Å². The van der Waals surface area contributed by atoms with Gasteiger partial charge in [-0.05, 0) is 13.8 Å². The summed E-state index contributed by atoms with van der Waals surface area (Å²) in [5.74, 6) is -0.0486. The Morgan fingerprint density at radius 2 is 2.22 bits per heavy atom. The van der Waals surface area contributed by atoms with Crippen molar-refractivity contribution in [3.63, 3.8) is 0 Å². The van der Waals surface area contributed by atoms with Crippen LogP contribution in [0.25, 0.3) is 0 Å². The summed E-state index contributed by atoms with van der Waals surface area (Å²) in [5.41, 5.74) is 1.73. The number of rotatable bonds is 0. The normalized spacial score (nSPS) is 22.4. The summed E-state index contributed by atoms with van der Waals surface area (Å²) in [5, 5.41) is 8.98. The van der Waals surface area contributed by atoms with Crippen molar-refractivity contribution in [3.05, 3.63) is 17.6 Å². The minimum absolute atomic E-state index is 0.0347. The Morgan fingerprint density at radius 1 is 1.67 bits per heavy atom. The monoisotopic (exact) mass is 124 g/mol. The maximum atomic E-state index is 10.8. The first-order valence-corrected chi connectivity index (χ1v) is 2.76. The molecule has 0 fully saturated rings. The predicted octanol–water partition coefficient (Wildman–Crippen LogP) is 1.19. The second kappa shape index (κ2) is 1.49. The molecule has 2 heteroatoms. The highest BCUT2D eigenvalue weighted by Gasteiger charge is 2.33. The summed E-state index contributed by atoms with van der Waals surface area (Å²) in [6.45, 7) is 3.34. The van der Waals surface area contributed by atoms with Gasteiger partial charge in [0.1, 0.15) is 5.76 Å². The fraction of sp³-hybridized carbons (Fsp3) is 0.429. The molecule has 1 aliphatic carbocycles. The highest BCUT2D eigenvalue weighted by molar-refractivity contribution is 5.98. The molecule has 0 saturated heterocycles. The molecule has 0 radical (unpaired) electrons. The Labute approximate surface area is 53.5 Å². The second-order valence-corrected chi connectivity index (χ2v) is 2.63. The van der Waals surface area contributed by atoms with Crippen LogP contribution >= 0.6 is 0 Å². The molecule has 0 spiro atoms. The van der Waals surface area contributed by atoms with E-state index in [4.69, 9.17) is 5.11 Å². The zero-order chi connectivity index (χ0) is 7.07. The average molecular weight is 124 g/mol. The van der Waals surface area contributed by atoms with Gasteiger partial charge in [0.15, 0.2) is 5.78 Å². The first kappa shape index (κ1) is 6.12. The third-order valence-corrected chi connectivity index (χ3v) is 1.55. The lowest BCUT2D eigenvalue weighted by molar-refractivity contribution is -0.121. The van der Waals surface area contributed by atoms with E-state index in [1.54, 1.807) is 13.8 Å². The molecule has 1 aliphatic rings. The van der Waals surface area contributed by atoms with E-state index in [0.717, 1.165) is 0 Å². The number of ketones is 1. The lowest BCUT2D eigenvalue weighted by Crippen LogP contribution is -2.20. The lowest BCUT2D eigenvalue weighted by atomic mass is 9.90. The number of carbonyl (C=O) groups is 1. The van der Waals surface area contributed by atoms with Crippen molar-refractivity contribution in [2.75, 3.05) is 0 Å². The van der Waals surface area contributed by atoms with Crippen molar-refractivity contribution in [2.24, 2.45) is 5.41 Å². The summed E-state index contributed by atoms with van der Waals surface area (Å²) in [4.78, 5) is 10.8. The molecule has 1 rings (SSSR count). The number of allylic oxidation sites excluding steroid dienone is 1. The second-order valence-electron chi connectivity index (χ2n) is 2.63. The molecule has 0 aliphatic heterocycles. The van der Waals surface area contributed by atoms with Crippen LogP contribution in [0.4, 0.5) is 0 Å².